The molecule has 0 aliphatic rings. The van der Waals surface area contributed by atoms with Crippen LogP contribution in [0.15, 0.2) is 55.0 Å². The number of carbonyl (C=O) groups excluding carboxylic acids is 1. The highest BCUT2D eigenvalue weighted by atomic mass is 16.2. The Morgan fingerprint density at radius 3 is 2.79 bits per heavy atom. The van der Waals surface area contributed by atoms with Crippen LogP contribution in [-0.2, 0) is 13.6 Å². The molecule has 0 aliphatic carbocycles. The van der Waals surface area contributed by atoms with Crippen LogP contribution < -0.4 is 10.6 Å². The van der Waals surface area contributed by atoms with E-state index >= 15 is 0 Å². The predicted molar refractivity (Wildman–Crippen MR) is 106 cm³/mol. The van der Waals surface area contributed by atoms with E-state index in [1.54, 1.807) is 30.2 Å². The monoisotopic (exact) mass is 389 g/mol. The summed E-state index contributed by atoms with van der Waals surface area (Å²) in [5, 5.41) is 17.1. The summed E-state index contributed by atoms with van der Waals surface area (Å²) >= 11 is 0. The molecular formula is C19H19N9O. The molecular weight excluding hydrogens is 370 g/mol. The number of urea groups is 1. The average molecular weight is 389 g/mol. The molecule has 0 fully saturated rings. The maximum atomic E-state index is 12.3. The van der Waals surface area contributed by atoms with E-state index < -0.39 is 0 Å². The molecule has 2 N–H and O–H groups in total. The summed E-state index contributed by atoms with van der Waals surface area (Å²) in [6, 6.07) is 10.8. The van der Waals surface area contributed by atoms with Crippen LogP contribution >= 0.6 is 0 Å². The smallest absolute Gasteiger partial charge is 0.319 e. The first kappa shape index (κ1) is 18.3. The Balaban J connectivity index is 1.40. The lowest BCUT2D eigenvalue weighted by Crippen LogP contribution is -2.28. The van der Waals surface area contributed by atoms with Crippen LogP contribution in [0.3, 0.4) is 0 Å². The Morgan fingerprint density at radius 1 is 1.14 bits per heavy atom. The maximum absolute atomic E-state index is 12.3. The molecule has 0 atom stereocenters. The number of nitrogens with one attached hydrogen (secondary N) is 2. The highest BCUT2D eigenvalue weighted by Crippen LogP contribution is 2.19. The van der Waals surface area contributed by atoms with Crippen molar-refractivity contribution in [2.75, 3.05) is 5.32 Å². The predicted octanol–water partition coefficient (Wildman–Crippen LogP) is 2.09. The topological polar surface area (TPSA) is 115 Å². The summed E-state index contributed by atoms with van der Waals surface area (Å²) in [5.41, 5.74) is 2.38. The van der Waals surface area contributed by atoms with E-state index in [-0.39, 0.29) is 6.03 Å². The van der Waals surface area contributed by atoms with Crippen LogP contribution in [0.25, 0.3) is 17.2 Å². The third-order valence-corrected chi connectivity index (χ3v) is 4.33. The van der Waals surface area contributed by atoms with Crippen molar-refractivity contribution in [2.45, 2.75) is 13.5 Å². The molecule has 2 amide bonds. The number of tetrazole rings is 1. The highest BCUT2D eigenvalue weighted by Gasteiger charge is 2.09. The Hall–Kier alpha value is -4.08. The zero-order valence-electron chi connectivity index (χ0n) is 15.9. The van der Waals surface area contributed by atoms with Crippen molar-refractivity contribution in [3.63, 3.8) is 0 Å². The van der Waals surface area contributed by atoms with Gasteiger partial charge in [-0.15, -0.1) is 5.10 Å². The zero-order chi connectivity index (χ0) is 20.2. The van der Waals surface area contributed by atoms with Gasteiger partial charge in [-0.1, -0.05) is 12.1 Å². The average Bonchev–Trinajstić information content (AvgIpc) is 3.35. The Labute approximate surface area is 166 Å². The maximum Gasteiger partial charge on any atom is 0.319 e. The van der Waals surface area contributed by atoms with Gasteiger partial charge in [0.2, 0.25) is 0 Å². The van der Waals surface area contributed by atoms with Crippen molar-refractivity contribution in [2.24, 2.45) is 7.05 Å². The van der Waals surface area contributed by atoms with Gasteiger partial charge < -0.3 is 10.6 Å². The molecule has 4 aromatic rings. The fourth-order valence-electron chi connectivity index (χ4n) is 2.89. The minimum Gasteiger partial charge on any atom is -0.334 e. The number of aryl methyl sites for hydroxylation is 2. The van der Waals surface area contributed by atoms with E-state index in [0.717, 1.165) is 22.8 Å². The number of benzene rings is 1. The molecule has 3 aromatic heterocycles. The lowest BCUT2D eigenvalue weighted by molar-refractivity contribution is 0.251. The van der Waals surface area contributed by atoms with Crippen molar-refractivity contribution in [1.82, 2.24) is 40.1 Å². The van der Waals surface area contributed by atoms with Gasteiger partial charge >= 0.3 is 6.03 Å². The van der Waals surface area contributed by atoms with Crippen molar-refractivity contribution >= 4 is 11.7 Å². The molecule has 29 heavy (non-hydrogen) atoms. The number of hydrogen-bond donors (Lipinski definition) is 2. The Morgan fingerprint density at radius 2 is 2.03 bits per heavy atom. The molecule has 0 spiro atoms. The molecule has 0 unspecified atom stereocenters. The second-order valence-corrected chi connectivity index (χ2v) is 6.38. The van der Waals surface area contributed by atoms with Crippen molar-refractivity contribution < 1.29 is 4.79 Å². The Bertz CT molecular complexity index is 1150. The zero-order valence-corrected chi connectivity index (χ0v) is 15.9. The number of aromatic nitrogens is 7. The number of imidazole rings is 1. The fourth-order valence-corrected chi connectivity index (χ4v) is 2.89. The van der Waals surface area contributed by atoms with E-state index in [2.05, 4.69) is 36.1 Å². The van der Waals surface area contributed by atoms with Gasteiger partial charge in [-0.05, 0) is 47.2 Å². The molecule has 0 aliphatic heterocycles. The van der Waals surface area contributed by atoms with E-state index in [9.17, 15) is 4.79 Å². The van der Waals surface area contributed by atoms with Crippen LogP contribution in [0.2, 0.25) is 0 Å². The summed E-state index contributed by atoms with van der Waals surface area (Å²) in [6.45, 7) is 2.27. The summed E-state index contributed by atoms with van der Waals surface area (Å²) in [4.78, 5) is 20.9. The molecule has 0 saturated carbocycles. The van der Waals surface area contributed by atoms with E-state index in [0.29, 0.717) is 18.1 Å². The molecule has 10 nitrogen and oxygen atoms in total. The summed E-state index contributed by atoms with van der Waals surface area (Å²) in [5.74, 6) is 2.22. The van der Waals surface area contributed by atoms with Gasteiger partial charge in [-0.25, -0.2) is 19.4 Å². The summed E-state index contributed by atoms with van der Waals surface area (Å²) in [7, 11) is 1.76. The van der Waals surface area contributed by atoms with Crippen LogP contribution in [-0.4, -0.2) is 40.8 Å². The summed E-state index contributed by atoms with van der Waals surface area (Å²) in [6.07, 6.45) is 5.28. The van der Waals surface area contributed by atoms with E-state index in [1.165, 1.54) is 0 Å². The highest BCUT2D eigenvalue weighted by molar-refractivity contribution is 5.89. The van der Waals surface area contributed by atoms with Gasteiger partial charge in [-0.2, -0.15) is 0 Å². The van der Waals surface area contributed by atoms with E-state index in [4.69, 9.17) is 0 Å². The molecule has 3 heterocycles. The Kier molecular flexibility index (Phi) is 4.97. The largest absolute Gasteiger partial charge is 0.334 e. The number of carbonyl (C=O) groups is 1. The van der Waals surface area contributed by atoms with Gasteiger partial charge in [0.05, 0.1) is 0 Å². The molecule has 0 bridgehead atoms. The molecule has 146 valence electrons. The number of nitrogens with zero attached hydrogens (tertiary/aromatic N) is 7. The number of rotatable bonds is 5. The number of anilines is 1. The van der Waals surface area contributed by atoms with Crippen LogP contribution in [0, 0.1) is 6.92 Å². The first-order chi connectivity index (χ1) is 14.1. The normalized spacial score (nSPS) is 10.7. The number of pyridine rings is 1. The minimum absolute atomic E-state index is 0.310. The van der Waals surface area contributed by atoms with Crippen LogP contribution in [0.4, 0.5) is 10.5 Å². The molecule has 4 rings (SSSR count). The lowest BCUT2D eigenvalue weighted by Gasteiger charge is -2.10. The van der Waals surface area contributed by atoms with Gasteiger partial charge in [-0.3, -0.25) is 4.57 Å². The van der Waals surface area contributed by atoms with Crippen molar-refractivity contribution in [3.05, 3.63) is 66.4 Å². The van der Waals surface area contributed by atoms with E-state index in [1.807, 2.05) is 48.0 Å². The molecule has 0 radical (unpaired) electrons. The third-order valence-electron chi connectivity index (χ3n) is 4.33. The molecule has 1 aromatic carbocycles. The standard InChI is InChI=1S/C19H19N9O/c1-13-20-8-9-28(13)17-10-14(6-7-21-17)12-22-19(29)23-16-5-3-4-15(11-16)18-24-25-26-27(18)2/h3-11H,12H2,1-2H3,(H2,22,23,29). The lowest BCUT2D eigenvalue weighted by atomic mass is 10.2. The minimum atomic E-state index is -0.310. The van der Waals surface area contributed by atoms with Crippen LogP contribution in [0.5, 0.6) is 0 Å². The quantitative estimate of drug-likeness (QED) is 0.540. The SMILES string of the molecule is Cc1nccn1-c1cc(CNC(=O)Nc2cccc(-c3nnnn3C)c2)ccn1. The van der Waals surface area contributed by atoms with Crippen molar-refractivity contribution in [3.8, 4) is 17.2 Å². The number of hydrogen-bond acceptors (Lipinski definition) is 6. The second kappa shape index (κ2) is 7.89. The molecule has 10 heteroatoms. The summed E-state index contributed by atoms with van der Waals surface area (Å²) < 4.78 is 3.46. The third kappa shape index (κ3) is 4.10. The fraction of sp³-hybridized carbons (Fsp3) is 0.158. The first-order valence-electron chi connectivity index (χ1n) is 8.93. The first-order valence-corrected chi connectivity index (χ1v) is 8.93. The van der Waals surface area contributed by atoms with Gasteiger partial charge in [0.15, 0.2) is 5.82 Å². The number of amides is 2. The van der Waals surface area contributed by atoms with Crippen LogP contribution in [0.1, 0.15) is 11.4 Å². The van der Waals surface area contributed by atoms with Crippen molar-refractivity contribution in [1.29, 1.82) is 0 Å². The second-order valence-electron chi connectivity index (χ2n) is 6.38. The van der Waals surface area contributed by atoms with Gasteiger partial charge in [0.25, 0.3) is 0 Å². The molecule has 0 saturated heterocycles. The van der Waals surface area contributed by atoms with Gasteiger partial charge in [0.1, 0.15) is 11.6 Å². The van der Waals surface area contributed by atoms with Gasteiger partial charge in [0, 0.05) is 43.4 Å².